The lowest BCUT2D eigenvalue weighted by Crippen LogP contribution is -2.05. The maximum Gasteiger partial charge on any atom is 0.416 e. The summed E-state index contributed by atoms with van der Waals surface area (Å²) in [5.74, 6) is 0.0780. The summed E-state index contributed by atoms with van der Waals surface area (Å²) < 4.78 is 47.5. The number of hydrogen-bond acceptors (Lipinski definition) is 3. The number of amides is 1. The topological polar surface area (TPSA) is 51.0 Å². The van der Waals surface area contributed by atoms with Crippen LogP contribution in [0.4, 0.5) is 18.9 Å². The molecule has 3 rings (SSSR count). The van der Waals surface area contributed by atoms with Crippen molar-refractivity contribution in [3.63, 3.8) is 0 Å². The highest BCUT2D eigenvalue weighted by atomic mass is 32.2. The van der Waals surface area contributed by atoms with Crippen LogP contribution in [-0.2, 0) is 16.9 Å². The Labute approximate surface area is 138 Å². The van der Waals surface area contributed by atoms with Crippen molar-refractivity contribution in [1.82, 2.24) is 0 Å². The molecule has 0 radical (unpaired) electrons. The SMILES string of the molecule is COc1ccc(C(=O)N=S2C=Nc3ccc(C(F)(F)F)cc32)cc1. The summed E-state index contributed by atoms with van der Waals surface area (Å²) in [5.41, 5.74) is 1.35. The van der Waals surface area contributed by atoms with Gasteiger partial charge in [-0.05, 0) is 53.2 Å². The van der Waals surface area contributed by atoms with Crippen molar-refractivity contribution in [3.05, 3.63) is 53.6 Å². The van der Waals surface area contributed by atoms with E-state index in [4.69, 9.17) is 4.74 Å². The molecule has 4 nitrogen and oxygen atoms in total. The van der Waals surface area contributed by atoms with Crippen molar-refractivity contribution < 1.29 is 22.7 Å². The molecule has 2 aromatic rings. The van der Waals surface area contributed by atoms with Gasteiger partial charge in [0.05, 0.1) is 28.8 Å². The van der Waals surface area contributed by atoms with Crippen LogP contribution in [0.5, 0.6) is 5.75 Å². The number of rotatable bonds is 2. The fourth-order valence-electron chi connectivity index (χ4n) is 2.08. The number of alkyl halides is 3. The number of methoxy groups -OCH3 is 1. The summed E-state index contributed by atoms with van der Waals surface area (Å²) >= 11 is 0. The third-order valence-corrected chi connectivity index (χ3v) is 4.77. The Morgan fingerprint density at radius 3 is 2.50 bits per heavy atom. The van der Waals surface area contributed by atoms with Crippen LogP contribution in [-0.4, -0.2) is 18.6 Å². The lowest BCUT2D eigenvalue weighted by atomic mass is 10.2. The molecule has 124 valence electrons. The molecular weight excluding hydrogens is 341 g/mol. The number of aliphatic imine (C=N–C) groups is 1. The van der Waals surface area contributed by atoms with Crippen LogP contribution in [0.3, 0.4) is 0 Å². The van der Waals surface area contributed by atoms with Crippen molar-refractivity contribution >= 4 is 27.8 Å². The van der Waals surface area contributed by atoms with Gasteiger partial charge in [0.2, 0.25) is 0 Å². The minimum atomic E-state index is -4.45. The number of benzene rings is 2. The molecule has 2 aromatic carbocycles. The molecule has 1 heterocycles. The average molecular weight is 352 g/mol. The molecule has 1 aliphatic rings. The normalized spacial score (nSPS) is 16.2. The highest BCUT2D eigenvalue weighted by Crippen LogP contribution is 2.36. The molecule has 24 heavy (non-hydrogen) atoms. The van der Waals surface area contributed by atoms with Crippen LogP contribution in [0.2, 0.25) is 0 Å². The van der Waals surface area contributed by atoms with Gasteiger partial charge in [-0.15, -0.1) is 0 Å². The van der Waals surface area contributed by atoms with Gasteiger partial charge in [0.25, 0.3) is 5.91 Å². The zero-order valence-electron chi connectivity index (χ0n) is 12.4. The van der Waals surface area contributed by atoms with E-state index in [0.29, 0.717) is 21.9 Å². The summed E-state index contributed by atoms with van der Waals surface area (Å²) in [6.07, 6.45) is -4.45. The monoisotopic (exact) mass is 352 g/mol. The van der Waals surface area contributed by atoms with Crippen LogP contribution in [0.25, 0.3) is 0 Å². The third kappa shape index (κ3) is 3.23. The lowest BCUT2D eigenvalue weighted by Gasteiger charge is -2.08. The quantitative estimate of drug-likeness (QED) is 0.805. The van der Waals surface area contributed by atoms with Gasteiger partial charge < -0.3 is 4.74 Å². The van der Waals surface area contributed by atoms with Gasteiger partial charge in [-0.25, -0.2) is 4.99 Å². The number of carbonyl (C=O) groups is 1. The second-order valence-corrected chi connectivity index (χ2v) is 6.32. The standard InChI is InChI=1S/C16H11F3N2O2S/c1-23-12-5-2-10(3-6-12)15(22)21-24-9-20-13-7-4-11(8-14(13)24)16(17,18)19/h2-9H,1H3. The predicted molar refractivity (Wildman–Crippen MR) is 85.0 cm³/mol. The summed E-state index contributed by atoms with van der Waals surface area (Å²) in [4.78, 5) is 16.5. The van der Waals surface area contributed by atoms with E-state index in [1.165, 1.54) is 18.7 Å². The minimum Gasteiger partial charge on any atom is -0.497 e. The van der Waals surface area contributed by atoms with Crippen LogP contribution < -0.4 is 4.74 Å². The van der Waals surface area contributed by atoms with Gasteiger partial charge in [-0.1, -0.05) is 0 Å². The van der Waals surface area contributed by atoms with Crippen molar-refractivity contribution in [2.75, 3.05) is 7.11 Å². The molecule has 0 spiro atoms. The summed E-state index contributed by atoms with van der Waals surface area (Å²) in [6.45, 7) is 0. The van der Waals surface area contributed by atoms with Gasteiger partial charge >= 0.3 is 6.18 Å². The molecule has 8 heteroatoms. The van der Waals surface area contributed by atoms with Crippen LogP contribution >= 0.6 is 0 Å². The number of halogens is 3. The Morgan fingerprint density at radius 1 is 1.17 bits per heavy atom. The number of ether oxygens (including phenoxy) is 1. The molecule has 1 aliphatic heterocycles. The first-order valence-electron chi connectivity index (χ1n) is 6.77. The minimum absolute atomic E-state index is 0.298. The largest absolute Gasteiger partial charge is 0.497 e. The fourth-order valence-corrected chi connectivity index (χ4v) is 3.42. The van der Waals surface area contributed by atoms with Crippen molar-refractivity contribution in [3.8, 4) is 5.75 Å². The van der Waals surface area contributed by atoms with E-state index in [1.54, 1.807) is 24.3 Å². The zero-order valence-corrected chi connectivity index (χ0v) is 13.2. The lowest BCUT2D eigenvalue weighted by molar-refractivity contribution is -0.137. The Kier molecular flexibility index (Phi) is 4.23. The molecule has 1 unspecified atom stereocenters. The van der Waals surface area contributed by atoms with Crippen LogP contribution in [0.1, 0.15) is 15.9 Å². The Balaban J connectivity index is 1.93. The molecule has 0 N–H and O–H groups in total. The highest BCUT2D eigenvalue weighted by molar-refractivity contribution is 8.01. The fraction of sp³-hybridized carbons (Fsp3) is 0.125. The second-order valence-electron chi connectivity index (χ2n) is 4.85. The maximum atomic E-state index is 12.8. The maximum absolute atomic E-state index is 12.8. The van der Waals surface area contributed by atoms with Crippen LogP contribution in [0, 0.1) is 0 Å². The number of hydrogen-bond donors (Lipinski definition) is 0. The average Bonchev–Trinajstić information content (AvgIpc) is 2.96. The van der Waals surface area contributed by atoms with E-state index in [2.05, 4.69) is 9.36 Å². The highest BCUT2D eigenvalue weighted by Gasteiger charge is 2.32. The summed E-state index contributed by atoms with van der Waals surface area (Å²) in [6, 6.07) is 9.58. The first-order valence-corrected chi connectivity index (χ1v) is 8.02. The predicted octanol–water partition coefficient (Wildman–Crippen LogP) is 4.39. The van der Waals surface area contributed by atoms with Gasteiger partial charge in [0.15, 0.2) is 0 Å². The molecule has 1 atom stereocenters. The van der Waals surface area contributed by atoms with Crippen molar-refractivity contribution in [2.24, 2.45) is 9.36 Å². The van der Waals surface area contributed by atoms with E-state index in [9.17, 15) is 18.0 Å². The van der Waals surface area contributed by atoms with Gasteiger partial charge in [0, 0.05) is 5.56 Å². The number of nitrogens with zero attached hydrogens (tertiary/aromatic N) is 2. The Bertz CT molecular complexity index is 859. The van der Waals surface area contributed by atoms with Crippen LogP contribution in [0.15, 0.2) is 56.7 Å². The zero-order chi connectivity index (χ0) is 17.3. The van der Waals surface area contributed by atoms with E-state index >= 15 is 0 Å². The van der Waals surface area contributed by atoms with Gasteiger partial charge in [-0.3, -0.25) is 4.79 Å². The molecule has 0 aliphatic carbocycles. The molecule has 1 amide bonds. The molecule has 0 aromatic heterocycles. The van der Waals surface area contributed by atoms with E-state index in [0.717, 1.165) is 12.1 Å². The molecule has 0 saturated heterocycles. The van der Waals surface area contributed by atoms with E-state index in [1.807, 2.05) is 0 Å². The number of carbonyl (C=O) groups excluding carboxylic acids is 1. The van der Waals surface area contributed by atoms with E-state index in [-0.39, 0.29) is 0 Å². The molecular formula is C16H11F3N2O2S. The van der Waals surface area contributed by atoms with E-state index < -0.39 is 28.3 Å². The second kappa shape index (κ2) is 6.20. The molecule has 0 saturated carbocycles. The van der Waals surface area contributed by atoms with Gasteiger partial charge in [-0.2, -0.15) is 17.5 Å². The smallest absolute Gasteiger partial charge is 0.416 e. The Hall–Kier alpha value is -2.48. The summed E-state index contributed by atoms with van der Waals surface area (Å²) in [5, 5.41) is 0. The first-order chi connectivity index (χ1) is 11.4. The molecule has 0 fully saturated rings. The third-order valence-electron chi connectivity index (χ3n) is 3.32. The van der Waals surface area contributed by atoms with Gasteiger partial charge in [0.1, 0.15) is 5.75 Å². The first kappa shape index (κ1) is 16.4. The molecule has 0 bridgehead atoms. The van der Waals surface area contributed by atoms with Crippen molar-refractivity contribution in [1.29, 1.82) is 0 Å². The number of fused-ring (bicyclic) bond motifs is 1. The van der Waals surface area contributed by atoms with Crippen molar-refractivity contribution in [2.45, 2.75) is 11.1 Å². The Morgan fingerprint density at radius 2 is 1.88 bits per heavy atom. The summed E-state index contributed by atoms with van der Waals surface area (Å²) in [7, 11) is 0.374.